The van der Waals surface area contributed by atoms with Gasteiger partial charge in [0.2, 0.25) is 0 Å². The molecule has 1 saturated heterocycles. The Hall–Kier alpha value is -0.120. The van der Waals surface area contributed by atoms with Crippen LogP contribution in [0.15, 0.2) is 0 Å². The van der Waals surface area contributed by atoms with Gasteiger partial charge in [-0.1, -0.05) is 13.3 Å². The van der Waals surface area contributed by atoms with E-state index in [0.717, 1.165) is 25.7 Å². The summed E-state index contributed by atoms with van der Waals surface area (Å²) in [5, 5.41) is 3.38. The largest absolute Gasteiger partial charge is 0.381 e. The van der Waals surface area contributed by atoms with Crippen LogP contribution >= 0.6 is 0 Å². The van der Waals surface area contributed by atoms with Crippen LogP contribution in [0.1, 0.15) is 39.0 Å². The minimum absolute atomic E-state index is 0.354. The number of hydrogen-bond donors (Lipinski definition) is 1. The molecular formula is C15H30N2O. The lowest BCUT2D eigenvalue weighted by molar-refractivity contribution is -0.0282. The van der Waals surface area contributed by atoms with Gasteiger partial charge in [-0.3, -0.25) is 0 Å². The molecule has 1 aliphatic heterocycles. The summed E-state index contributed by atoms with van der Waals surface area (Å²) in [4.78, 5) is 2.66. The van der Waals surface area contributed by atoms with Crippen molar-refractivity contribution in [2.24, 2.45) is 11.3 Å². The van der Waals surface area contributed by atoms with Crippen LogP contribution in [0.5, 0.6) is 0 Å². The smallest absolute Gasteiger partial charge is 0.0546 e. The van der Waals surface area contributed by atoms with E-state index in [1.54, 1.807) is 0 Å². The van der Waals surface area contributed by atoms with Crippen LogP contribution in [0.25, 0.3) is 0 Å². The summed E-state index contributed by atoms with van der Waals surface area (Å²) in [5.41, 5.74) is 0.354. The zero-order valence-corrected chi connectivity index (χ0v) is 12.2. The van der Waals surface area contributed by atoms with Crippen molar-refractivity contribution in [1.82, 2.24) is 10.2 Å². The number of hydrogen-bond acceptors (Lipinski definition) is 3. The molecule has 0 amide bonds. The van der Waals surface area contributed by atoms with Crippen molar-refractivity contribution in [3.05, 3.63) is 0 Å². The van der Waals surface area contributed by atoms with E-state index in [1.807, 2.05) is 0 Å². The van der Waals surface area contributed by atoms with Gasteiger partial charge in [-0.2, -0.15) is 0 Å². The Morgan fingerprint density at radius 3 is 2.67 bits per heavy atom. The van der Waals surface area contributed by atoms with Gasteiger partial charge < -0.3 is 15.0 Å². The highest BCUT2D eigenvalue weighted by molar-refractivity contribution is 4.87. The maximum Gasteiger partial charge on any atom is 0.0546 e. The standard InChI is InChI=1S/C15H30N2O/c1-3-17(10-14-6-4-7-14)12-15(11-16-2)8-5-9-18-13-15/h14,16H,3-13H2,1-2H3. The third-order valence-electron chi connectivity index (χ3n) is 4.70. The molecule has 3 heteroatoms. The molecule has 1 N–H and O–H groups in total. The average Bonchev–Trinajstić information content (AvgIpc) is 2.33. The summed E-state index contributed by atoms with van der Waals surface area (Å²) >= 11 is 0. The molecule has 0 spiro atoms. The van der Waals surface area contributed by atoms with Crippen LogP contribution in [0.2, 0.25) is 0 Å². The highest BCUT2D eigenvalue weighted by atomic mass is 16.5. The van der Waals surface area contributed by atoms with Crippen molar-refractivity contribution in [3.8, 4) is 0 Å². The fourth-order valence-electron chi connectivity index (χ4n) is 3.43. The molecule has 1 aliphatic carbocycles. The summed E-state index contributed by atoms with van der Waals surface area (Å²) in [5.74, 6) is 0.973. The van der Waals surface area contributed by atoms with E-state index in [1.165, 1.54) is 51.7 Å². The average molecular weight is 254 g/mol. The molecule has 0 bridgehead atoms. The monoisotopic (exact) mass is 254 g/mol. The van der Waals surface area contributed by atoms with Crippen molar-refractivity contribution in [2.45, 2.75) is 39.0 Å². The second-order valence-corrected chi connectivity index (χ2v) is 6.31. The van der Waals surface area contributed by atoms with Crippen LogP contribution in [-0.4, -0.2) is 51.3 Å². The van der Waals surface area contributed by atoms with Crippen LogP contribution in [0.4, 0.5) is 0 Å². The molecular weight excluding hydrogens is 224 g/mol. The molecule has 1 saturated carbocycles. The Labute approximate surface area is 112 Å². The lowest BCUT2D eigenvalue weighted by atomic mass is 9.80. The quantitative estimate of drug-likeness (QED) is 0.753. The minimum Gasteiger partial charge on any atom is -0.381 e. The third-order valence-corrected chi connectivity index (χ3v) is 4.70. The SMILES string of the molecule is CCN(CC1CCC1)CC1(CNC)CCCOC1. The molecule has 2 rings (SSSR count). The molecule has 106 valence electrons. The molecule has 1 atom stereocenters. The van der Waals surface area contributed by atoms with E-state index in [0.29, 0.717) is 5.41 Å². The van der Waals surface area contributed by atoms with Gasteiger partial charge in [0.1, 0.15) is 0 Å². The summed E-state index contributed by atoms with van der Waals surface area (Å²) in [6.45, 7) is 8.99. The van der Waals surface area contributed by atoms with Gasteiger partial charge in [-0.05, 0) is 45.2 Å². The summed E-state index contributed by atoms with van der Waals surface area (Å²) in [7, 11) is 2.07. The van der Waals surface area contributed by atoms with Crippen LogP contribution in [0, 0.1) is 11.3 Å². The number of nitrogens with one attached hydrogen (secondary N) is 1. The highest BCUT2D eigenvalue weighted by Gasteiger charge is 2.34. The Morgan fingerprint density at radius 1 is 1.33 bits per heavy atom. The molecule has 1 unspecified atom stereocenters. The lowest BCUT2D eigenvalue weighted by Crippen LogP contribution is -2.49. The number of ether oxygens (including phenoxy) is 1. The van der Waals surface area contributed by atoms with Crippen molar-refractivity contribution in [3.63, 3.8) is 0 Å². The van der Waals surface area contributed by atoms with Gasteiger partial charge in [-0.25, -0.2) is 0 Å². The summed E-state index contributed by atoms with van der Waals surface area (Å²) in [6, 6.07) is 0. The topological polar surface area (TPSA) is 24.5 Å². The highest BCUT2D eigenvalue weighted by Crippen LogP contribution is 2.32. The first kappa shape index (κ1) is 14.3. The van der Waals surface area contributed by atoms with Crippen LogP contribution < -0.4 is 5.32 Å². The van der Waals surface area contributed by atoms with Crippen molar-refractivity contribution in [1.29, 1.82) is 0 Å². The molecule has 0 aromatic carbocycles. The zero-order chi connectivity index (χ0) is 12.8. The summed E-state index contributed by atoms with van der Waals surface area (Å²) in [6.07, 6.45) is 6.89. The molecule has 3 nitrogen and oxygen atoms in total. The fraction of sp³-hybridized carbons (Fsp3) is 1.00. The first-order chi connectivity index (χ1) is 8.78. The Bertz CT molecular complexity index is 229. The second-order valence-electron chi connectivity index (χ2n) is 6.31. The molecule has 0 radical (unpaired) electrons. The first-order valence-electron chi connectivity index (χ1n) is 7.73. The maximum atomic E-state index is 5.76. The van der Waals surface area contributed by atoms with E-state index in [2.05, 4.69) is 24.2 Å². The Balaban J connectivity index is 1.87. The first-order valence-corrected chi connectivity index (χ1v) is 7.73. The predicted octanol–water partition coefficient (Wildman–Crippen LogP) is 2.12. The van der Waals surface area contributed by atoms with Crippen molar-refractivity contribution >= 4 is 0 Å². The molecule has 1 heterocycles. The van der Waals surface area contributed by atoms with Crippen molar-refractivity contribution in [2.75, 3.05) is 46.4 Å². The Kier molecular flexibility index (Phi) is 5.46. The summed E-state index contributed by atoms with van der Waals surface area (Å²) < 4.78 is 5.76. The molecule has 0 aromatic rings. The molecule has 2 aliphatic rings. The third kappa shape index (κ3) is 3.69. The number of rotatable bonds is 7. The maximum absolute atomic E-state index is 5.76. The van der Waals surface area contributed by atoms with Gasteiger partial charge in [0.25, 0.3) is 0 Å². The van der Waals surface area contributed by atoms with E-state index >= 15 is 0 Å². The van der Waals surface area contributed by atoms with Crippen LogP contribution in [-0.2, 0) is 4.74 Å². The molecule has 18 heavy (non-hydrogen) atoms. The van der Waals surface area contributed by atoms with E-state index in [9.17, 15) is 0 Å². The Morgan fingerprint density at radius 2 is 2.17 bits per heavy atom. The van der Waals surface area contributed by atoms with Gasteiger partial charge in [0.15, 0.2) is 0 Å². The van der Waals surface area contributed by atoms with E-state index in [-0.39, 0.29) is 0 Å². The van der Waals surface area contributed by atoms with Gasteiger partial charge in [-0.15, -0.1) is 0 Å². The number of nitrogens with zero attached hydrogens (tertiary/aromatic N) is 1. The van der Waals surface area contributed by atoms with Gasteiger partial charge in [0, 0.05) is 31.7 Å². The van der Waals surface area contributed by atoms with E-state index in [4.69, 9.17) is 4.74 Å². The second kappa shape index (κ2) is 6.88. The zero-order valence-electron chi connectivity index (χ0n) is 12.2. The van der Waals surface area contributed by atoms with Crippen molar-refractivity contribution < 1.29 is 4.74 Å². The normalized spacial score (nSPS) is 29.5. The minimum atomic E-state index is 0.354. The van der Waals surface area contributed by atoms with Gasteiger partial charge >= 0.3 is 0 Å². The molecule has 2 fully saturated rings. The van der Waals surface area contributed by atoms with E-state index < -0.39 is 0 Å². The molecule has 0 aromatic heterocycles. The fourth-order valence-corrected chi connectivity index (χ4v) is 3.43. The van der Waals surface area contributed by atoms with Crippen LogP contribution in [0.3, 0.4) is 0 Å². The lowest BCUT2D eigenvalue weighted by Gasteiger charge is -2.42. The predicted molar refractivity (Wildman–Crippen MR) is 75.9 cm³/mol. The van der Waals surface area contributed by atoms with Gasteiger partial charge in [0.05, 0.1) is 6.61 Å².